The van der Waals surface area contributed by atoms with Gasteiger partial charge in [0.25, 0.3) is 0 Å². The van der Waals surface area contributed by atoms with Crippen LogP contribution in [0.2, 0.25) is 5.15 Å². The van der Waals surface area contributed by atoms with E-state index in [1.54, 1.807) is 0 Å². The fraction of sp³-hybridized carbons (Fsp3) is 0.500. The smallest absolute Gasteiger partial charge is 0.167 e. The van der Waals surface area contributed by atoms with Crippen molar-refractivity contribution in [2.75, 3.05) is 0 Å². The molecule has 104 valence electrons. The van der Waals surface area contributed by atoms with Gasteiger partial charge in [-0.1, -0.05) is 32.4 Å². The van der Waals surface area contributed by atoms with Crippen molar-refractivity contribution >= 4 is 22.6 Å². The zero-order chi connectivity index (χ0) is 14.4. The number of nitrogens with zero attached hydrogens (tertiary/aromatic N) is 2. The summed E-state index contributed by atoms with van der Waals surface area (Å²) in [7, 11) is 0. The first-order valence-corrected chi connectivity index (χ1v) is 6.67. The van der Waals surface area contributed by atoms with Crippen LogP contribution in [0, 0.1) is 11.2 Å². The number of rotatable bonds is 2. The Morgan fingerprint density at radius 2 is 2.11 bits per heavy atom. The Morgan fingerprint density at radius 3 is 2.63 bits per heavy atom. The van der Waals surface area contributed by atoms with Crippen molar-refractivity contribution in [3.8, 4) is 0 Å². The molecule has 0 bridgehead atoms. The molecule has 0 fully saturated rings. The molecule has 1 atom stereocenters. The molecule has 0 amide bonds. The second-order valence-corrected chi connectivity index (χ2v) is 6.55. The first-order chi connectivity index (χ1) is 8.69. The number of fused-ring (bicyclic) bond motifs is 1. The molecule has 19 heavy (non-hydrogen) atoms. The lowest BCUT2D eigenvalue weighted by Crippen LogP contribution is -2.15. The van der Waals surface area contributed by atoms with Crippen LogP contribution in [0.5, 0.6) is 0 Å². The molecule has 5 heteroatoms. The van der Waals surface area contributed by atoms with Crippen molar-refractivity contribution in [3.63, 3.8) is 0 Å². The fourth-order valence-electron chi connectivity index (χ4n) is 2.18. The lowest BCUT2D eigenvalue weighted by atomic mass is 9.97. The van der Waals surface area contributed by atoms with Crippen LogP contribution in [0.1, 0.15) is 39.3 Å². The standard InChI is InChI=1S/C14H19ClFN3/c1-8(17)10-6-19(7-14(2,3)4)13-9(10)5-11(16)12(15)18-13/h5-6,8H,7,17H2,1-4H3/t8-/m1/s1. The van der Waals surface area contributed by atoms with Gasteiger partial charge in [-0.3, -0.25) is 0 Å². The maximum Gasteiger partial charge on any atom is 0.167 e. The summed E-state index contributed by atoms with van der Waals surface area (Å²) in [5.41, 5.74) is 7.61. The van der Waals surface area contributed by atoms with Crippen LogP contribution < -0.4 is 5.73 Å². The molecular formula is C14H19ClFN3. The van der Waals surface area contributed by atoms with E-state index in [1.807, 2.05) is 17.7 Å². The highest BCUT2D eigenvalue weighted by Gasteiger charge is 2.19. The van der Waals surface area contributed by atoms with Crippen LogP contribution in [-0.4, -0.2) is 9.55 Å². The minimum absolute atomic E-state index is 0.0869. The molecule has 2 rings (SSSR count). The zero-order valence-corrected chi connectivity index (χ0v) is 12.4. The summed E-state index contributed by atoms with van der Waals surface area (Å²) in [4.78, 5) is 4.16. The molecule has 0 saturated heterocycles. The third kappa shape index (κ3) is 2.90. The second kappa shape index (κ2) is 4.76. The van der Waals surface area contributed by atoms with E-state index in [-0.39, 0.29) is 16.6 Å². The van der Waals surface area contributed by atoms with Crippen LogP contribution in [0.25, 0.3) is 11.0 Å². The Bertz CT molecular complexity index is 611. The van der Waals surface area contributed by atoms with E-state index in [0.717, 1.165) is 17.5 Å². The zero-order valence-electron chi connectivity index (χ0n) is 11.7. The van der Waals surface area contributed by atoms with Gasteiger partial charge in [0.05, 0.1) is 0 Å². The fourth-order valence-corrected chi connectivity index (χ4v) is 2.32. The number of hydrogen-bond donors (Lipinski definition) is 1. The predicted octanol–water partition coefficient (Wildman–Crippen LogP) is 3.89. The van der Waals surface area contributed by atoms with Gasteiger partial charge in [0.15, 0.2) is 11.0 Å². The minimum Gasteiger partial charge on any atom is -0.332 e. The molecule has 2 aromatic heterocycles. The summed E-state index contributed by atoms with van der Waals surface area (Å²) < 4.78 is 15.6. The Labute approximate surface area is 117 Å². The predicted molar refractivity (Wildman–Crippen MR) is 76.8 cm³/mol. The van der Waals surface area contributed by atoms with Gasteiger partial charge in [0.1, 0.15) is 5.65 Å². The van der Waals surface area contributed by atoms with Crippen molar-refractivity contribution in [3.05, 3.63) is 28.8 Å². The average molecular weight is 284 g/mol. The van der Waals surface area contributed by atoms with E-state index < -0.39 is 5.82 Å². The average Bonchev–Trinajstić information content (AvgIpc) is 2.56. The molecule has 2 N–H and O–H groups in total. The largest absolute Gasteiger partial charge is 0.332 e. The van der Waals surface area contributed by atoms with Gasteiger partial charge in [-0.05, 0) is 24.0 Å². The first kappa shape index (κ1) is 14.3. The van der Waals surface area contributed by atoms with Gasteiger partial charge < -0.3 is 10.3 Å². The SMILES string of the molecule is C[C@@H](N)c1cn(CC(C)(C)C)c2nc(Cl)c(F)cc12. The topological polar surface area (TPSA) is 43.8 Å². The van der Waals surface area contributed by atoms with Crippen LogP contribution >= 0.6 is 11.6 Å². The molecule has 3 nitrogen and oxygen atoms in total. The highest BCUT2D eigenvalue weighted by atomic mass is 35.5. The van der Waals surface area contributed by atoms with E-state index in [4.69, 9.17) is 17.3 Å². The molecule has 0 radical (unpaired) electrons. The van der Waals surface area contributed by atoms with Crippen LogP contribution in [0.3, 0.4) is 0 Å². The summed E-state index contributed by atoms with van der Waals surface area (Å²) in [6.45, 7) is 9.05. The van der Waals surface area contributed by atoms with Gasteiger partial charge >= 0.3 is 0 Å². The van der Waals surface area contributed by atoms with Crippen molar-refractivity contribution in [2.45, 2.75) is 40.3 Å². The number of nitrogens with two attached hydrogens (primary N) is 1. The summed E-state index contributed by atoms with van der Waals surface area (Å²) >= 11 is 5.79. The number of hydrogen-bond acceptors (Lipinski definition) is 2. The van der Waals surface area contributed by atoms with E-state index in [0.29, 0.717) is 5.65 Å². The molecule has 0 aliphatic heterocycles. The molecule has 0 aliphatic rings. The maximum absolute atomic E-state index is 13.6. The first-order valence-electron chi connectivity index (χ1n) is 6.29. The number of pyridine rings is 1. The summed E-state index contributed by atoms with van der Waals surface area (Å²) in [5, 5.41) is 0.637. The lowest BCUT2D eigenvalue weighted by Gasteiger charge is -2.19. The molecule has 0 saturated carbocycles. The van der Waals surface area contributed by atoms with Gasteiger partial charge in [-0.2, -0.15) is 0 Å². The van der Waals surface area contributed by atoms with E-state index in [9.17, 15) is 4.39 Å². The van der Waals surface area contributed by atoms with Crippen molar-refractivity contribution in [1.29, 1.82) is 0 Å². The second-order valence-electron chi connectivity index (χ2n) is 6.19. The number of aromatic nitrogens is 2. The van der Waals surface area contributed by atoms with Gasteiger partial charge in [0.2, 0.25) is 0 Å². The minimum atomic E-state index is -0.510. The summed E-state index contributed by atoms with van der Waals surface area (Å²) in [6.07, 6.45) is 1.95. The van der Waals surface area contributed by atoms with E-state index >= 15 is 0 Å². The summed E-state index contributed by atoms with van der Waals surface area (Å²) in [6, 6.07) is 1.24. The van der Waals surface area contributed by atoms with Crippen molar-refractivity contribution < 1.29 is 4.39 Å². The maximum atomic E-state index is 13.6. The lowest BCUT2D eigenvalue weighted by molar-refractivity contribution is 0.348. The van der Waals surface area contributed by atoms with Crippen molar-refractivity contribution in [2.24, 2.45) is 11.1 Å². The summed E-state index contributed by atoms with van der Waals surface area (Å²) in [5.74, 6) is -0.510. The van der Waals surface area contributed by atoms with Gasteiger partial charge in [-0.25, -0.2) is 9.37 Å². The van der Waals surface area contributed by atoms with E-state index in [2.05, 4.69) is 25.8 Å². The Kier molecular flexibility index (Phi) is 3.58. The Morgan fingerprint density at radius 1 is 1.47 bits per heavy atom. The highest BCUT2D eigenvalue weighted by molar-refractivity contribution is 6.29. The third-order valence-electron chi connectivity index (χ3n) is 2.93. The van der Waals surface area contributed by atoms with Crippen LogP contribution in [0.15, 0.2) is 12.3 Å². The Hall–Kier alpha value is -1.13. The molecule has 0 spiro atoms. The van der Waals surface area contributed by atoms with Crippen LogP contribution in [-0.2, 0) is 6.54 Å². The highest BCUT2D eigenvalue weighted by Crippen LogP contribution is 2.29. The number of halogens is 2. The molecule has 0 aromatic carbocycles. The van der Waals surface area contributed by atoms with E-state index in [1.165, 1.54) is 6.07 Å². The van der Waals surface area contributed by atoms with Gasteiger partial charge in [0, 0.05) is 24.2 Å². The quantitative estimate of drug-likeness (QED) is 0.850. The molecule has 2 heterocycles. The molecule has 0 unspecified atom stereocenters. The monoisotopic (exact) mass is 283 g/mol. The normalized spacial score (nSPS) is 14.1. The third-order valence-corrected chi connectivity index (χ3v) is 3.19. The van der Waals surface area contributed by atoms with Crippen molar-refractivity contribution in [1.82, 2.24) is 9.55 Å². The van der Waals surface area contributed by atoms with Crippen LogP contribution in [0.4, 0.5) is 4.39 Å². The molecule has 2 aromatic rings. The molecule has 0 aliphatic carbocycles. The molecular weight excluding hydrogens is 265 g/mol. The Balaban J connectivity index is 2.68. The van der Waals surface area contributed by atoms with Gasteiger partial charge in [-0.15, -0.1) is 0 Å².